The van der Waals surface area contributed by atoms with Gasteiger partial charge in [0.25, 0.3) is 0 Å². The summed E-state index contributed by atoms with van der Waals surface area (Å²) in [6.07, 6.45) is 8.38. The molecule has 0 aromatic heterocycles. The van der Waals surface area contributed by atoms with Crippen molar-refractivity contribution in [1.29, 1.82) is 0 Å². The predicted molar refractivity (Wildman–Crippen MR) is 115 cm³/mol. The van der Waals surface area contributed by atoms with E-state index >= 15 is 0 Å². The topological polar surface area (TPSA) is 32.3 Å². The van der Waals surface area contributed by atoms with E-state index in [0.717, 1.165) is 31.8 Å². The van der Waals surface area contributed by atoms with Crippen LogP contribution < -0.4 is 5.32 Å². The summed E-state index contributed by atoms with van der Waals surface area (Å²) in [6, 6.07) is 7.36. The van der Waals surface area contributed by atoms with E-state index in [4.69, 9.17) is 0 Å². The standard InChI is InChI=1S/C25H41NO/c1-18(2)20-9-11-22-21(16-20)10-12-23-24(4,13-7-14-25(22,23)5)17-26-15-6-8-19(3)27/h9,11,16,18-19,23,26-27H,6-8,10,12-15,17H2,1-5H3. The second-order valence-corrected chi connectivity index (χ2v) is 10.3. The van der Waals surface area contributed by atoms with Crippen LogP contribution in [0.2, 0.25) is 0 Å². The summed E-state index contributed by atoms with van der Waals surface area (Å²) in [5.41, 5.74) is 5.47. The van der Waals surface area contributed by atoms with E-state index in [1.165, 1.54) is 37.7 Å². The van der Waals surface area contributed by atoms with Gasteiger partial charge in [0.05, 0.1) is 6.10 Å². The number of rotatable bonds is 7. The number of hydrogen-bond acceptors (Lipinski definition) is 2. The molecule has 3 rings (SSSR count). The van der Waals surface area contributed by atoms with E-state index in [1.54, 1.807) is 11.1 Å². The Morgan fingerprint density at radius 3 is 2.67 bits per heavy atom. The normalized spacial score (nSPS) is 31.4. The smallest absolute Gasteiger partial charge is 0.0512 e. The highest BCUT2D eigenvalue weighted by Crippen LogP contribution is 2.57. The molecule has 0 bridgehead atoms. The van der Waals surface area contributed by atoms with E-state index < -0.39 is 0 Å². The van der Waals surface area contributed by atoms with Crippen LogP contribution in [0.3, 0.4) is 0 Å². The van der Waals surface area contributed by atoms with Gasteiger partial charge in [0.1, 0.15) is 0 Å². The molecule has 1 fully saturated rings. The summed E-state index contributed by atoms with van der Waals surface area (Å²) < 4.78 is 0. The van der Waals surface area contributed by atoms with E-state index in [9.17, 15) is 5.11 Å². The molecule has 0 aliphatic heterocycles. The van der Waals surface area contributed by atoms with Crippen molar-refractivity contribution in [2.24, 2.45) is 11.3 Å². The second-order valence-electron chi connectivity index (χ2n) is 10.3. The molecule has 1 aromatic carbocycles. The molecule has 1 aromatic rings. The number of benzene rings is 1. The Kier molecular flexibility index (Phi) is 6.37. The fraction of sp³-hybridized carbons (Fsp3) is 0.760. The molecule has 2 heteroatoms. The maximum Gasteiger partial charge on any atom is 0.0512 e. The highest BCUT2D eigenvalue weighted by Gasteiger charge is 2.51. The second kappa shape index (κ2) is 8.25. The molecule has 27 heavy (non-hydrogen) atoms. The third-order valence-electron chi connectivity index (χ3n) is 7.67. The first-order valence-electron chi connectivity index (χ1n) is 11.3. The zero-order valence-corrected chi connectivity index (χ0v) is 18.3. The Hall–Kier alpha value is -0.860. The Bertz CT molecular complexity index is 637. The SMILES string of the molecule is CC(O)CCCNCC1(C)CCCC2(C)c3ccc(C(C)C)cc3CCC12. The maximum atomic E-state index is 9.46. The molecule has 0 saturated heterocycles. The highest BCUT2D eigenvalue weighted by molar-refractivity contribution is 5.42. The van der Waals surface area contributed by atoms with Crippen LogP contribution in [0.1, 0.15) is 95.8 Å². The Balaban J connectivity index is 1.75. The van der Waals surface area contributed by atoms with Gasteiger partial charge in [-0.1, -0.05) is 52.3 Å². The van der Waals surface area contributed by atoms with Crippen molar-refractivity contribution < 1.29 is 5.11 Å². The molecule has 4 unspecified atom stereocenters. The van der Waals surface area contributed by atoms with Crippen molar-refractivity contribution in [3.05, 3.63) is 34.9 Å². The van der Waals surface area contributed by atoms with Crippen molar-refractivity contribution >= 4 is 0 Å². The van der Waals surface area contributed by atoms with Gasteiger partial charge in [-0.05, 0) is 91.3 Å². The van der Waals surface area contributed by atoms with Crippen molar-refractivity contribution in [2.45, 2.75) is 97.0 Å². The summed E-state index contributed by atoms with van der Waals surface area (Å²) >= 11 is 0. The van der Waals surface area contributed by atoms with Gasteiger partial charge in [-0.25, -0.2) is 0 Å². The van der Waals surface area contributed by atoms with Crippen LogP contribution in [0.25, 0.3) is 0 Å². The van der Waals surface area contributed by atoms with Crippen LogP contribution in [0, 0.1) is 11.3 Å². The van der Waals surface area contributed by atoms with Crippen molar-refractivity contribution in [1.82, 2.24) is 5.32 Å². The first-order chi connectivity index (χ1) is 12.8. The lowest BCUT2D eigenvalue weighted by Crippen LogP contribution is -2.52. The third-order valence-corrected chi connectivity index (χ3v) is 7.67. The summed E-state index contributed by atoms with van der Waals surface area (Å²) in [5, 5.41) is 13.2. The zero-order valence-electron chi connectivity index (χ0n) is 18.3. The molecule has 2 N–H and O–H groups in total. The molecule has 152 valence electrons. The van der Waals surface area contributed by atoms with E-state index in [2.05, 4.69) is 51.2 Å². The average molecular weight is 372 g/mol. The summed E-state index contributed by atoms with van der Waals surface area (Å²) in [6.45, 7) is 13.7. The number of aliphatic hydroxyl groups excluding tert-OH is 1. The lowest BCUT2D eigenvalue weighted by atomic mass is 9.49. The minimum absolute atomic E-state index is 0.175. The maximum absolute atomic E-state index is 9.46. The van der Waals surface area contributed by atoms with E-state index in [-0.39, 0.29) is 6.10 Å². The van der Waals surface area contributed by atoms with Gasteiger partial charge in [-0.2, -0.15) is 0 Å². The van der Waals surface area contributed by atoms with E-state index in [1.807, 2.05) is 6.92 Å². The quantitative estimate of drug-likeness (QED) is 0.614. The number of aryl methyl sites for hydroxylation is 1. The van der Waals surface area contributed by atoms with Gasteiger partial charge >= 0.3 is 0 Å². The Labute approximate surface area is 167 Å². The Morgan fingerprint density at radius 2 is 1.96 bits per heavy atom. The van der Waals surface area contributed by atoms with Crippen LogP contribution >= 0.6 is 0 Å². The molecule has 2 aliphatic rings. The van der Waals surface area contributed by atoms with Crippen molar-refractivity contribution in [3.63, 3.8) is 0 Å². The van der Waals surface area contributed by atoms with Gasteiger partial charge in [0.15, 0.2) is 0 Å². The molecule has 2 aliphatic carbocycles. The zero-order chi connectivity index (χ0) is 19.7. The highest BCUT2D eigenvalue weighted by atomic mass is 16.3. The summed E-state index contributed by atoms with van der Waals surface area (Å²) in [4.78, 5) is 0. The number of nitrogens with one attached hydrogen (secondary N) is 1. The van der Waals surface area contributed by atoms with Crippen LogP contribution in [-0.4, -0.2) is 24.3 Å². The largest absolute Gasteiger partial charge is 0.393 e. The van der Waals surface area contributed by atoms with Crippen molar-refractivity contribution in [2.75, 3.05) is 13.1 Å². The number of hydrogen-bond donors (Lipinski definition) is 2. The lowest BCUT2D eigenvalue weighted by Gasteiger charge is -2.55. The van der Waals surface area contributed by atoms with Crippen LogP contribution in [0.15, 0.2) is 18.2 Å². The van der Waals surface area contributed by atoms with E-state index in [0.29, 0.717) is 16.7 Å². The molecular formula is C25H41NO. The molecule has 4 atom stereocenters. The molecule has 0 heterocycles. The average Bonchev–Trinajstić information content (AvgIpc) is 2.60. The summed E-state index contributed by atoms with van der Waals surface area (Å²) in [5.74, 6) is 1.38. The molecule has 1 saturated carbocycles. The van der Waals surface area contributed by atoms with Crippen LogP contribution in [0.5, 0.6) is 0 Å². The first kappa shape index (κ1) is 20.9. The number of fused-ring (bicyclic) bond motifs is 3. The van der Waals surface area contributed by atoms with Crippen LogP contribution in [-0.2, 0) is 11.8 Å². The fourth-order valence-corrected chi connectivity index (χ4v) is 6.11. The Morgan fingerprint density at radius 1 is 1.19 bits per heavy atom. The van der Waals surface area contributed by atoms with Gasteiger partial charge in [0.2, 0.25) is 0 Å². The molecule has 2 nitrogen and oxygen atoms in total. The third kappa shape index (κ3) is 4.27. The van der Waals surface area contributed by atoms with Gasteiger partial charge in [-0.3, -0.25) is 0 Å². The minimum atomic E-state index is -0.175. The monoisotopic (exact) mass is 371 g/mol. The molecule has 0 amide bonds. The number of aliphatic hydroxyl groups is 1. The van der Waals surface area contributed by atoms with Gasteiger partial charge < -0.3 is 10.4 Å². The molecular weight excluding hydrogens is 330 g/mol. The summed E-state index contributed by atoms with van der Waals surface area (Å²) in [7, 11) is 0. The molecule has 0 spiro atoms. The van der Waals surface area contributed by atoms with Gasteiger partial charge in [-0.15, -0.1) is 0 Å². The van der Waals surface area contributed by atoms with Crippen LogP contribution in [0.4, 0.5) is 0 Å². The lowest BCUT2D eigenvalue weighted by molar-refractivity contribution is 0.0258. The first-order valence-corrected chi connectivity index (χ1v) is 11.3. The van der Waals surface area contributed by atoms with Crippen molar-refractivity contribution in [3.8, 4) is 0 Å². The fourth-order valence-electron chi connectivity index (χ4n) is 6.11. The molecule has 0 radical (unpaired) electrons. The minimum Gasteiger partial charge on any atom is -0.393 e. The van der Waals surface area contributed by atoms with Gasteiger partial charge in [0, 0.05) is 6.54 Å². The predicted octanol–water partition coefficient (Wildman–Crippen LogP) is 5.57.